The van der Waals surface area contributed by atoms with E-state index in [2.05, 4.69) is 15.5 Å². The second kappa shape index (κ2) is 4.87. The van der Waals surface area contributed by atoms with Crippen molar-refractivity contribution in [3.05, 3.63) is 16.4 Å². The molecule has 6 nitrogen and oxygen atoms in total. The molecule has 2 atom stereocenters. The lowest BCUT2D eigenvalue weighted by molar-refractivity contribution is -0.148. The van der Waals surface area contributed by atoms with Crippen molar-refractivity contribution in [2.24, 2.45) is 5.41 Å². The van der Waals surface area contributed by atoms with Crippen LogP contribution in [0.15, 0.2) is 6.07 Å². The number of carbonyl (C=O) groups is 1. The van der Waals surface area contributed by atoms with Gasteiger partial charge in [-0.2, -0.15) is 0 Å². The number of halogens is 2. The number of hydrogen-bond acceptors (Lipinski definition) is 5. The van der Waals surface area contributed by atoms with Gasteiger partial charge in [0.25, 0.3) is 0 Å². The van der Waals surface area contributed by atoms with Crippen LogP contribution in [0.25, 0.3) is 0 Å². The fourth-order valence-corrected chi connectivity index (χ4v) is 2.02. The molecule has 0 bridgehead atoms. The van der Waals surface area contributed by atoms with E-state index in [0.717, 1.165) is 0 Å². The summed E-state index contributed by atoms with van der Waals surface area (Å²) in [6.07, 6.45) is 0. The van der Waals surface area contributed by atoms with Gasteiger partial charge in [0.05, 0.1) is 24.9 Å². The molecule has 0 saturated carbocycles. The van der Waals surface area contributed by atoms with Gasteiger partial charge in [0.1, 0.15) is 5.41 Å². The highest BCUT2D eigenvalue weighted by Crippen LogP contribution is 2.33. The zero-order valence-corrected chi connectivity index (χ0v) is 11.0. The molecule has 2 N–H and O–H groups in total. The summed E-state index contributed by atoms with van der Waals surface area (Å²) in [6.45, 7) is 2.03. The number of nitrogens with one attached hydrogen (secondary N) is 1. The van der Waals surface area contributed by atoms with Crippen LogP contribution >= 0.6 is 23.2 Å². The molecule has 2 unspecified atom stereocenters. The Kier molecular flexibility index (Phi) is 3.61. The van der Waals surface area contributed by atoms with E-state index >= 15 is 0 Å². The molecular formula is C10H11Cl2N3O3. The molecule has 1 aromatic rings. The number of carboxylic acid groups (broad SMARTS) is 1. The zero-order valence-electron chi connectivity index (χ0n) is 9.48. The van der Waals surface area contributed by atoms with Crippen molar-refractivity contribution >= 4 is 34.9 Å². The molecule has 0 aromatic carbocycles. The molecule has 1 aliphatic heterocycles. The molecule has 1 aromatic heterocycles. The highest BCUT2D eigenvalue weighted by molar-refractivity contribution is 6.33. The van der Waals surface area contributed by atoms with Crippen molar-refractivity contribution in [2.75, 3.05) is 18.5 Å². The molecular weight excluding hydrogens is 281 g/mol. The lowest BCUT2D eigenvalue weighted by Crippen LogP contribution is -2.43. The van der Waals surface area contributed by atoms with Crippen molar-refractivity contribution in [1.29, 1.82) is 0 Å². The average Bonchev–Trinajstić information content (AvgIpc) is 2.67. The topological polar surface area (TPSA) is 84.3 Å². The number of anilines is 1. The molecule has 98 valence electrons. The third kappa shape index (κ3) is 2.36. The van der Waals surface area contributed by atoms with Gasteiger partial charge in [-0.1, -0.05) is 23.2 Å². The molecule has 1 fully saturated rings. The maximum Gasteiger partial charge on any atom is 0.313 e. The van der Waals surface area contributed by atoms with E-state index < -0.39 is 17.4 Å². The second-order valence-electron chi connectivity index (χ2n) is 4.31. The van der Waals surface area contributed by atoms with E-state index in [-0.39, 0.29) is 23.5 Å². The summed E-state index contributed by atoms with van der Waals surface area (Å²) >= 11 is 11.6. The van der Waals surface area contributed by atoms with E-state index in [1.165, 1.54) is 6.07 Å². The van der Waals surface area contributed by atoms with Gasteiger partial charge in [0, 0.05) is 6.07 Å². The lowest BCUT2D eigenvalue weighted by atomic mass is 9.85. The minimum atomic E-state index is -1.01. The minimum Gasteiger partial charge on any atom is -0.481 e. The average molecular weight is 292 g/mol. The van der Waals surface area contributed by atoms with Gasteiger partial charge in [-0.15, -0.1) is 10.2 Å². The standard InChI is InChI=1S/C10H11Cl2N3O3/c1-10(9(16)17)4-18-3-6(10)13-5-2-7(11)14-15-8(5)12/h2,6H,3-4H2,1H3,(H,13,14)(H,16,17). The first-order valence-electron chi connectivity index (χ1n) is 5.20. The fourth-order valence-electron chi connectivity index (χ4n) is 1.73. The summed E-state index contributed by atoms with van der Waals surface area (Å²) in [7, 11) is 0. The summed E-state index contributed by atoms with van der Waals surface area (Å²) < 4.78 is 5.22. The Morgan fingerprint density at radius 2 is 2.33 bits per heavy atom. The minimum absolute atomic E-state index is 0.138. The Hall–Kier alpha value is -1.11. The van der Waals surface area contributed by atoms with Crippen LogP contribution in [0, 0.1) is 5.41 Å². The zero-order chi connectivity index (χ0) is 13.3. The Balaban J connectivity index is 2.23. The lowest BCUT2D eigenvalue weighted by Gasteiger charge is -2.26. The molecule has 0 amide bonds. The predicted molar refractivity (Wildman–Crippen MR) is 66.0 cm³/mol. The van der Waals surface area contributed by atoms with E-state index in [0.29, 0.717) is 5.69 Å². The van der Waals surface area contributed by atoms with Crippen molar-refractivity contribution in [3.8, 4) is 0 Å². The quantitative estimate of drug-likeness (QED) is 0.882. The molecule has 1 aliphatic rings. The van der Waals surface area contributed by atoms with E-state index in [1.54, 1.807) is 6.92 Å². The third-order valence-electron chi connectivity index (χ3n) is 2.99. The molecule has 0 aliphatic carbocycles. The second-order valence-corrected chi connectivity index (χ2v) is 5.05. The SMILES string of the molecule is CC1(C(=O)O)COCC1Nc1cc(Cl)nnc1Cl. The monoisotopic (exact) mass is 291 g/mol. The third-order valence-corrected chi connectivity index (χ3v) is 3.46. The van der Waals surface area contributed by atoms with E-state index in [4.69, 9.17) is 27.9 Å². The normalized spacial score (nSPS) is 27.2. The fraction of sp³-hybridized carbons (Fsp3) is 0.500. The molecule has 2 heterocycles. The summed E-state index contributed by atoms with van der Waals surface area (Å²) in [5.74, 6) is -0.929. The van der Waals surface area contributed by atoms with Crippen molar-refractivity contribution in [3.63, 3.8) is 0 Å². The Morgan fingerprint density at radius 3 is 3.00 bits per heavy atom. The summed E-state index contributed by atoms with van der Waals surface area (Å²) in [4.78, 5) is 11.3. The van der Waals surface area contributed by atoms with Gasteiger partial charge < -0.3 is 15.2 Å². The summed E-state index contributed by atoms with van der Waals surface area (Å²) in [5, 5.41) is 19.8. The molecule has 18 heavy (non-hydrogen) atoms. The Bertz CT molecular complexity index is 485. The van der Waals surface area contributed by atoms with Crippen LogP contribution in [0.4, 0.5) is 5.69 Å². The highest BCUT2D eigenvalue weighted by atomic mass is 35.5. The van der Waals surface area contributed by atoms with Crippen LogP contribution in [-0.2, 0) is 9.53 Å². The van der Waals surface area contributed by atoms with Gasteiger partial charge in [0.15, 0.2) is 10.3 Å². The van der Waals surface area contributed by atoms with Gasteiger partial charge in [0.2, 0.25) is 0 Å². The van der Waals surface area contributed by atoms with Crippen molar-refractivity contribution in [2.45, 2.75) is 13.0 Å². The highest BCUT2D eigenvalue weighted by Gasteiger charge is 2.46. The number of ether oxygens (including phenoxy) is 1. The van der Waals surface area contributed by atoms with Crippen LogP contribution in [0.1, 0.15) is 6.92 Å². The maximum absolute atomic E-state index is 11.3. The maximum atomic E-state index is 11.3. The molecule has 0 radical (unpaired) electrons. The first-order chi connectivity index (χ1) is 8.43. The Morgan fingerprint density at radius 1 is 1.61 bits per heavy atom. The van der Waals surface area contributed by atoms with Crippen LogP contribution in [0.3, 0.4) is 0 Å². The van der Waals surface area contributed by atoms with Gasteiger partial charge in [-0.25, -0.2) is 0 Å². The number of aromatic nitrogens is 2. The summed E-state index contributed by atoms with van der Waals surface area (Å²) in [5.41, 5.74) is -0.571. The Labute approximate surface area is 113 Å². The first-order valence-corrected chi connectivity index (χ1v) is 5.95. The smallest absolute Gasteiger partial charge is 0.313 e. The molecule has 0 spiro atoms. The van der Waals surface area contributed by atoms with E-state index in [9.17, 15) is 9.90 Å². The molecule has 8 heteroatoms. The number of rotatable bonds is 3. The largest absolute Gasteiger partial charge is 0.481 e. The van der Waals surface area contributed by atoms with Crippen LogP contribution < -0.4 is 5.32 Å². The first kappa shape index (κ1) is 13.3. The molecule has 1 saturated heterocycles. The van der Waals surface area contributed by atoms with Crippen LogP contribution in [0.5, 0.6) is 0 Å². The van der Waals surface area contributed by atoms with Crippen LogP contribution in [0.2, 0.25) is 10.3 Å². The number of aliphatic carboxylic acids is 1. The number of carboxylic acids is 1. The van der Waals surface area contributed by atoms with Crippen molar-refractivity contribution in [1.82, 2.24) is 10.2 Å². The summed E-state index contributed by atoms with van der Waals surface area (Å²) in [6, 6.07) is 1.09. The number of hydrogen-bond donors (Lipinski definition) is 2. The predicted octanol–water partition coefficient (Wildman–Crippen LogP) is 1.68. The van der Waals surface area contributed by atoms with E-state index in [1.807, 2.05) is 0 Å². The number of nitrogens with zero attached hydrogens (tertiary/aromatic N) is 2. The van der Waals surface area contributed by atoms with Gasteiger partial charge in [-0.05, 0) is 6.92 Å². The molecule has 2 rings (SSSR count). The van der Waals surface area contributed by atoms with Crippen molar-refractivity contribution < 1.29 is 14.6 Å². The van der Waals surface area contributed by atoms with Gasteiger partial charge >= 0.3 is 5.97 Å². The van der Waals surface area contributed by atoms with Gasteiger partial charge in [-0.3, -0.25) is 4.79 Å². The van der Waals surface area contributed by atoms with Crippen LogP contribution in [-0.4, -0.2) is 40.5 Å².